The zero-order valence-electron chi connectivity index (χ0n) is 36.0. The van der Waals surface area contributed by atoms with E-state index in [0.717, 1.165) is 70.6 Å². The molecule has 0 heterocycles. The number of likely N-dealkylation sites (N-methyl/N-ethyl adjacent to an activating group) is 1. The highest BCUT2D eigenvalue weighted by Gasteiger charge is 2.25. The molecule has 56 heavy (non-hydrogen) atoms. The first kappa shape index (κ1) is 52.5. The van der Waals surface area contributed by atoms with Crippen LogP contribution in [0.2, 0.25) is 0 Å². The van der Waals surface area contributed by atoms with Gasteiger partial charge >= 0.3 is 11.9 Å². The van der Waals surface area contributed by atoms with Gasteiger partial charge in [0, 0.05) is 19.3 Å². The van der Waals surface area contributed by atoms with Gasteiger partial charge in [-0.1, -0.05) is 150 Å². The highest BCUT2D eigenvalue weighted by molar-refractivity contribution is 5.70. The molecule has 2 atom stereocenters. The van der Waals surface area contributed by atoms with E-state index in [0.29, 0.717) is 12.8 Å². The van der Waals surface area contributed by atoms with E-state index < -0.39 is 18.1 Å². The van der Waals surface area contributed by atoms with E-state index in [2.05, 4.69) is 62.5 Å². The summed E-state index contributed by atoms with van der Waals surface area (Å²) in [6.45, 7) is 4.34. The Balaban J connectivity index is 4.38. The van der Waals surface area contributed by atoms with Crippen molar-refractivity contribution in [3.8, 4) is 0 Å². The molecule has 0 aromatic rings. The van der Waals surface area contributed by atoms with Gasteiger partial charge in [0.1, 0.15) is 12.6 Å². The summed E-state index contributed by atoms with van der Waals surface area (Å²) >= 11 is 0. The number of aliphatic carboxylic acids is 1. The molecule has 8 nitrogen and oxygen atoms in total. The lowest BCUT2D eigenvalue weighted by Gasteiger charge is -2.34. The zero-order valence-corrected chi connectivity index (χ0v) is 36.0. The molecule has 0 saturated carbocycles. The molecule has 0 aliphatic rings. The van der Waals surface area contributed by atoms with Crippen LogP contribution in [0.3, 0.4) is 0 Å². The molecule has 0 rings (SSSR count). The number of nitrogens with zero attached hydrogens (tertiary/aromatic N) is 1. The fourth-order valence-electron chi connectivity index (χ4n) is 5.80. The topological polar surface area (TPSA) is 102 Å². The molecule has 0 aromatic carbocycles. The van der Waals surface area contributed by atoms with Crippen LogP contribution >= 0.6 is 0 Å². The molecule has 0 N–H and O–H groups in total. The largest absolute Gasteiger partial charge is 0.544 e. The Bertz CT molecular complexity index is 1190. The van der Waals surface area contributed by atoms with E-state index in [1.54, 1.807) is 21.1 Å². The maximum Gasteiger partial charge on any atom is 0.306 e. The summed E-state index contributed by atoms with van der Waals surface area (Å²) in [6.07, 6.45) is 49.0. The summed E-state index contributed by atoms with van der Waals surface area (Å²) in [5.41, 5.74) is 0. The van der Waals surface area contributed by atoms with Crippen molar-refractivity contribution in [1.82, 2.24) is 0 Å². The summed E-state index contributed by atoms with van der Waals surface area (Å²) < 4.78 is 17.1. The number of carboxylic acid groups (broad SMARTS) is 1. The lowest BCUT2D eigenvalue weighted by atomic mass is 10.1. The van der Waals surface area contributed by atoms with Gasteiger partial charge in [-0.15, -0.1) is 0 Å². The van der Waals surface area contributed by atoms with Crippen LogP contribution in [0.4, 0.5) is 0 Å². The number of unbranched alkanes of at least 4 members (excludes halogenated alkanes) is 12. The van der Waals surface area contributed by atoms with Crippen LogP contribution in [0.25, 0.3) is 0 Å². The number of carbonyl (C=O) groups excluding carboxylic acids is 3. The SMILES string of the molecule is CC/C=C/C=C/C=C/C=C/CCCCCC(=O)OC(COCCC(C(=O)[O-])[N+](C)(C)C)COC(=O)CCCCCCCCCCC/C=C/C/C=C/C/C=C/CC. The fourth-order valence-corrected chi connectivity index (χ4v) is 5.80. The van der Waals surface area contributed by atoms with E-state index in [9.17, 15) is 19.5 Å². The van der Waals surface area contributed by atoms with Crippen LogP contribution in [0, 0.1) is 0 Å². The molecular weight excluding hydrogens is 703 g/mol. The first-order valence-corrected chi connectivity index (χ1v) is 21.7. The van der Waals surface area contributed by atoms with Gasteiger partial charge in [-0.2, -0.15) is 0 Å². The Labute approximate surface area is 342 Å². The van der Waals surface area contributed by atoms with Gasteiger partial charge in [-0.05, 0) is 64.2 Å². The maximum absolute atomic E-state index is 12.7. The van der Waals surface area contributed by atoms with E-state index in [1.165, 1.54) is 38.5 Å². The maximum atomic E-state index is 12.7. The first-order chi connectivity index (χ1) is 27.1. The number of carbonyl (C=O) groups is 3. The van der Waals surface area contributed by atoms with Gasteiger partial charge in [0.25, 0.3) is 0 Å². The van der Waals surface area contributed by atoms with Gasteiger partial charge in [0.15, 0.2) is 6.10 Å². The molecule has 0 spiro atoms. The minimum absolute atomic E-state index is 0.0179. The highest BCUT2D eigenvalue weighted by atomic mass is 16.6. The van der Waals surface area contributed by atoms with Crippen LogP contribution in [0.1, 0.15) is 149 Å². The Morgan fingerprint density at radius 3 is 1.62 bits per heavy atom. The standard InChI is InChI=1S/C48H79NO7/c1-6-8-10-12-14-16-18-20-21-22-23-24-25-27-28-30-32-34-36-38-46(50)55-43-44(42-54-41-40-45(48(52)53)49(3,4)5)56-47(51)39-37-35-33-31-29-26-19-17-15-13-11-9-7-2/h8-11,13-17,19-21,26,29,44-45H,6-7,12,18,22-25,27-28,30-43H2,1-5H3/b10-8+,11-9+,15-13+,16-14+,19-17+,21-20+,29-26+. The van der Waals surface area contributed by atoms with Gasteiger partial charge in [0.05, 0.1) is 40.3 Å². The van der Waals surface area contributed by atoms with Crippen molar-refractivity contribution >= 4 is 17.9 Å². The Morgan fingerprint density at radius 2 is 1.04 bits per heavy atom. The third-order valence-electron chi connectivity index (χ3n) is 9.12. The van der Waals surface area contributed by atoms with Crippen molar-refractivity contribution in [2.75, 3.05) is 41.0 Å². The Kier molecular flexibility index (Phi) is 36.0. The molecule has 0 fully saturated rings. The van der Waals surface area contributed by atoms with E-state index in [1.807, 2.05) is 36.5 Å². The molecule has 318 valence electrons. The number of quaternary nitrogens is 1. The molecule has 0 aromatic heterocycles. The molecule has 0 amide bonds. The molecule has 0 aliphatic heterocycles. The number of allylic oxidation sites excluding steroid dienone is 14. The second kappa shape index (κ2) is 38.4. The fraction of sp³-hybridized carbons (Fsp3) is 0.646. The second-order valence-corrected chi connectivity index (χ2v) is 15.3. The minimum Gasteiger partial charge on any atom is -0.544 e. The molecule has 0 saturated heterocycles. The van der Waals surface area contributed by atoms with Crippen molar-refractivity contribution in [3.05, 3.63) is 85.1 Å². The van der Waals surface area contributed by atoms with Crippen molar-refractivity contribution in [2.24, 2.45) is 0 Å². The summed E-state index contributed by atoms with van der Waals surface area (Å²) in [6, 6.07) is -0.738. The summed E-state index contributed by atoms with van der Waals surface area (Å²) in [5.74, 6) is -1.81. The number of ether oxygens (including phenoxy) is 3. The van der Waals surface area contributed by atoms with Crippen LogP contribution in [0.5, 0.6) is 0 Å². The molecule has 0 bridgehead atoms. The molecule has 2 unspecified atom stereocenters. The third-order valence-corrected chi connectivity index (χ3v) is 9.12. The predicted octanol–water partition coefficient (Wildman–Crippen LogP) is 10.4. The lowest BCUT2D eigenvalue weighted by molar-refractivity contribution is -0.889. The molecule has 8 heteroatoms. The van der Waals surface area contributed by atoms with E-state index in [-0.39, 0.29) is 49.1 Å². The van der Waals surface area contributed by atoms with Gasteiger partial charge in [0.2, 0.25) is 0 Å². The van der Waals surface area contributed by atoms with Crippen molar-refractivity contribution in [2.45, 2.75) is 161 Å². The number of rotatable bonds is 37. The average Bonchev–Trinajstić information content (AvgIpc) is 3.15. The second-order valence-electron chi connectivity index (χ2n) is 15.3. The molecule has 0 radical (unpaired) electrons. The molecule has 0 aliphatic carbocycles. The van der Waals surface area contributed by atoms with E-state index in [4.69, 9.17) is 14.2 Å². The number of hydrogen-bond acceptors (Lipinski definition) is 7. The highest BCUT2D eigenvalue weighted by Crippen LogP contribution is 2.13. The Morgan fingerprint density at radius 1 is 0.554 bits per heavy atom. The minimum atomic E-state index is -1.14. The summed E-state index contributed by atoms with van der Waals surface area (Å²) in [5, 5.41) is 11.6. The van der Waals surface area contributed by atoms with Crippen molar-refractivity contribution < 1.29 is 38.2 Å². The summed E-state index contributed by atoms with van der Waals surface area (Å²) in [4.78, 5) is 36.8. The smallest absolute Gasteiger partial charge is 0.306 e. The number of esters is 2. The van der Waals surface area contributed by atoms with Crippen molar-refractivity contribution in [1.29, 1.82) is 0 Å². The van der Waals surface area contributed by atoms with Crippen LogP contribution in [0.15, 0.2) is 85.1 Å². The predicted molar refractivity (Wildman–Crippen MR) is 231 cm³/mol. The first-order valence-electron chi connectivity index (χ1n) is 21.7. The van der Waals surface area contributed by atoms with Crippen LogP contribution in [-0.4, -0.2) is 75.5 Å². The van der Waals surface area contributed by atoms with Crippen LogP contribution < -0.4 is 5.11 Å². The van der Waals surface area contributed by atoms with Gasteiger partial charge in [-0.3, -0.25) is 9.59 Å². The molecular formula is C48H79NO7. The normalized spacial score (nSPS) is 13.8. The third kappa shape index (κ3) is 36.2. The number of carboxylic acids is 1. The monoisotopic (exact) mass is 782 g/mol. The van der Waals surface area contributed by atoms with E-state index >= 15 is 0 Å². The lowest BCUT2D eigenvalue weighted by Crippen LogP contribution is -2.55. The van der Waals surface area contributed by atoms with Crippen LogP contribution in [-0.2, 0) is 28.6 Å². The van der Waals surface area contributed by atoms with Gasteiger partial charge in [-0.25, -0.2) is 0 Å². The number of hydrogen-bond donors (Lipinski definition) is 0. The van der Waals surface area contributed by atoms with Crippen molar-refractivity contribution in [3.63, 3.8) is 0 Å². The van der Waals surface area contributed by atoms with Gasteiger partial charge < -0.3 is 28.6 Å². The quantitative estimate of drug-likeness (QED) is 0.0203. The zero-order chi connectivity index (χ0) is 41.4. The Hall–Kier alpha value is -3.49. The summed E-state index contributed by atoms with van der Waals surface area (Å²) in [7, 11) is 5.38. The average molecular weight is 782 g/mol.